The molecule has 0 aliphatic carbocycles. The first-order valence-corrected chi connectivity index (χ1v) is 11.4. The van der Waals surface area contributed by atoms with E-state index in [1.807, 2.05) is 13.8 Å². The monoisotopic (exact) mass is 433 g/mol. The number of aliphatic hydroxyl groups is 1. The molecular weight excluding hydrogens is 398 g/mol. The summed E-state index contributed by atoms with van der Waals surface area (Å²) in [6, 6.07) is 0. The van der Waals surface area contributed by atoms with Crippen molar-refractivity contribution in [1.29, 1.82) is 0 Å². The Kier molecular flexibility index (Phi) is 7.35. The van der Waals surface area contributed by atoms with Gasteiger partial charge in [-0.25, -0.2) is 14.3 Å². The molecule has 1 aliphatic rings. The zero-order chi connectivity index (χ0) is 22.7. The smallest absolute Gasteiger partial charge is 0.333 e. The van der Waals surface area contributed by atoms with E-state index in [0.717, 1.165) is 30.3 Å². The van der Waals surface area contributed by atoms with E-state index in [2.05, 4.69) is 18.8 Å². The number of hydrogen-bond donors (Lipinski definition) is 1. The van der Waals surface area contributed by atoms with Gasteiger partial charge < -0.3 is 14.6 Å². The Labute approximate surface area is 182 Å². The van der Waals surface area contributed by atoms with Crippen LogP contribution < -0.4 is 11.2 Å². The van der Waals surface area contributed by atoms with Crippen LogP contribution >= 0.6 is 0 Å². The number of rotatable bonds is 8. The van der Waals surface area contributed by atoms with Gasteiger partial charge in [0, 0.05) is 26.2 Å². The molecule has 1 N–H and O–H groups in total. The standard InChI is InChI=1S/C22H35N5O4/c1-5-7-9-26-20-19(25(8-6-2)17(14-28)23-20)21(30)27(22(26)31)13-18(29)24-11-15(3)10-16(4)12-24/h15-16,28H,5-14H2,1-4H3. The average Bonchev–Trinajstić information content (AvgIpc) is 3.09. The molecule has 0 spiro atoms. The lowest BCUT2D eigenvalue weighted by Gasteiger charge is -2.35. The second-order valence-corrected chi connectivity index (χ2v) is 8.93. The van der Waals surface area contributed by atoms with Gasteiger partial charge in [0.05, 0.1) is 0 Å². The van der Waals surface area contributed by atoms with E-state index in [1.165, 1.54) is 4.57 Å². The number of hydrogen-bond acceptors (Lipinski definition) is 5. The topological polar surface area (TPSA) is 102 Å². The summed E-state index contributed by atoms with van der Waals surface area (Å²) in [5.74, 6) is 0.946. The minimum Gasteiger partial charge on any atom is -0.388 e. The second kappa shape index (κ2) is 9.80. The van der Waals surface area contributed by atoms with Crippen molar-refractivity contribution in [3.8, 4) is 0 Å². The molecule has 31 heavy (non-hydrogen) atoms. The van der Waals surface area contributed by atoms with Gasteiger partial charge in [-0.1, -0.05) is 34.1 Å². The third kappa shape index (κ3) is 4.61. The molecule has 1 aliphatic heterocycles. The third-order valence-corrected chi connectivity index (χ3v) is 6.03. The molecule has 2 unspecified atom stereocenters. The Hall–Kier alpha value is -2.42. The largest absolute Gasteiger partial charge is 0.388 e. The molecule has 3 heterocycles. The molecule has 1 amide bonds. The number of fused-ring (bicyclic) bond motifs is 1. The number of carbonyl (C=O) groups is 1. The summed E-state index contributed by atoms with van der Waals surface area (Å²) in [4.78, 5) is 45.9. The lowest BCUT2D eigenvalue weighted by molar-refractivity contribution is -0.134. The number of nitrogens with zero attached hydrogens (tertiary/aromatic N) is 5. The van der Waals surface area contributed by atoms with Crippen LogP contribution in [0.5, 0.6) is 0 Å². The van der Waals surface area contributed by atoms with Gasteiger partial charge in [0.1, 0.15) is 19.0 Å². The van der Waals surface area contributed by atoms with Crippen LogP contribution in [0.3, 0.4) is 0 Å². The summed E-state index contributed by atoms with van der Waals surface area (Å²) in [5, 5.41) is 9.77. The number of amides is 1. The molecule has 1 fully saturated rings. The van der Waals surface area contributed by atoms with Crippen LogP contribution in [-0.2, 0) is 31.0 Å². The first-order valence-electron chi connectivity index (χ1n) is 11.4. The summed E-state index contributed by atoms with van der Waals surface area (Å²) in [6.07, 6.45) is 3.43. The molecule has 2 atom stereocenters. The molecule has 0 bridgehead atoms. The molecule has 2 aromatic heterocycles. The summed E-state index contributed by atoms with van der Waals surface area (Å²) >= 11 is 0. The average molecular weight is 434 g/mol. The lowest BCUT2D eigenvalue weighted by atomic mass is 9.92. The number of aryl methyl sites for hydroxylation is 2. The quantitative estimate of drug-likeness (QED) is 0.681. The Bertz CT molecular complexity index is 1040. The normalized spacial score (nSPS) is 19.3. The van der Waals surface area contributed by atoms with Gasteiger partial charge in [-0.05, 0) is 31.1 Å². The molecule has 2 aromatic rings. The molecule has 0 radical (unpaired) electrons. The van der Waals surface area contributed by atoms with Crippen molar-refractivity contribution in [3.05, 3.63) is 26.7 Å². The van der Waals surface area contributed by atoms with Crippen molar-refractivity contribution in [2.45, 2.75) is 79.6 Å². The molecule has 1 saturated heterocycles. The fourth-order valence-corrected chi connectivity index (χ4v) is 4.68. The van der Waals surface area contributed by atoms with Crippen molar-refractivity contribution >= 4 is 17.1 Å². The van der Waals surface area contributed by atoms with Crippen LogP contribution in [0.1, 0.15) is 59.2 Å². The second-order valence-electron chi connectivity index (χ2n) is 8.93. The molecule has 0 aromatic carbocycles. The molecule has 172 valence electrons. The zero-order valence-corrected chi connectivity index (χ0v) is 19.1. The maximum absolute atomic E-state index is 13.4. The number of piperidine rings is 1. The Morgan fingerprint density at radius 2 is 1.71 bits per heavy atom. The van der Waals surface area contributed by atoms with E-state index in [0.29, 0.717) is 49.5 Å². The van der Waals surface area contributed by atoms with Crippen LogP contribution in [-0.4, -0.2) is 47.7 Å². The number of aromatic nitrogens is 4. The first-order chi connectivity index (χ1) is 14.8. The van der Waals surface area contributed by atoms with Gasteiger partial charge >= 0.3 is 5.69 Å². The molecule has 9 nitrogen and oxygen atoms in total. The fraction of sp³-hybridized carbons (Fsp3) is 0.727. The van der Waals surface area contributed by atoms with Crippen molar-refractivity contribution in [2.75, 3.05) is 13.1 Å². The molecule has 0 saturated carbocycles. The predicted molar refractivity (Wildman–Crippen MR) is 119 cm³/mol. The maximum atomic E-state index is 13.4. The minimum atomic E-state index is -0.514. The minimum absolute atomic E-state index is 0.206. The van der Waals surface area contributed by atoms with E-state index >= 15 is 0 Å². The highest BCUT2D eigenvalue weighted by Gasteiger charge is 2.27. The highest BCUT2D eigenvalue weighted by molar-refractivity contribution is 5.77. The van der Waals surface area contributed by atoms with Crippen LogP contribution in [0.15, 0.2) is 9.59 Å². The van der Waals surface area contributed by atoms with E-state index < -0.39 is 11.2 Å². The number of imidazole rings is 1. The Morgan fingerprint density at radius 3 is 2.29 bits per heavy atom. The maximum Gasteiger partial charge on any atom is 0.333 e. The number of unbranched alkanes of at least 4 members (excludes halogenated alkanes) is 1. The van der Waals surface area contributed by atoms with E-state index in [1.54, 1.807) is 9.47 Å². The van der Waals surface area contributed by atoms with Crippen molar-refractivity contribution < 1.29 is 9.90 Å². The van der Waals surface area contributed by atoms with Crippen LogP contribution in [0.2, 0.25) is 0 Å². The Morgan fingerprint density at radius 1 is 1.03 bits per heavy atom. The predicted octanol–water partition coefficient (Wildman–Crippen LogP) is 1.57. The summed E-state index contributed by atoms with van der Waals surface area (Å²) in [5.41, 5.74) is -0.442. The van der Waals surface area contributed by atoms with Crippen molar-refractivity contribution in [1.82, 2.24) is 23.6 Å². The highest BCUT2D eigenvalue weighted by Crippen LogP contribution is 2.21. The number of aliphatic hydroxyl groups excluding tert-OH is 1. The fourth-order valence-electron chi connectivity index (χ4n) is 4.68. The van der Waals surface area contributed by atoms with E-state index in [4.69, 9.17) is 0 Å². The van der Waals surface area contributed by atoms with Gasteiger partial charge in [-0.3, -0.25) is 14.2 Å². The molecule has 3 rings (SSSR count). The number of likely N-dealkylation sites (tertiary alicyclic amines) is 1. The Balaban J connectivity index is 2.12. The molecular formula is C22H35N5O4. The highest BCUT2D eigenvalue weighted by atomic mass is 16.3. The van der Waals surface area contributed by atoms with Crippen LogP contribution in [0, 0.1) is 11.8 Å². The SMILES string of the molecule is CCCCn1c(=O)n(CC(=O)N2CC(C)CC(C)C2)c(=O)c2c1nc(CO)n2CCC. The van der Waals surface area contributed by atoms with E-state index in [9.17, 15) is 19.5 Å². The van der Waals surface area contributed by atoms with Gasteiger partial charge in [0.15, 0.2) is 11.2 Å². The van der Waals surface area contributed by atoms with Gasteiger partial charge in [0.2, 0.25) is 5.91 Å². The van der Waals surface area contributed by atoms with Gasteiger partial charge in [0.25, 0.3) is 5.56 Å². The van der Waals surface area contributed by atoms with Crippen LogP contribution in [0.25, 0.3) is 11.2 Å². The first kappa shape index (κ1) is 23.2. The summed E-state index contributed by atoms with van der Waals surface area (Å²) < 4.78 is 4.23. The summed E-state index contributed by atoms with van der Waals surface area (Å²) in [7, 11) is 0. The van der Waals surface area contributed by atoms with Crippen molar-refractivity contribution in [3.63, 3.8) is 0 Å². The van der Waals surface area contributed by atoms with Gasteiger partial charge in [-0.15, -0.1) is 0 Å². The van der Waals surface area contributed by atoms with E-state index in [-0.39, 0.29) is 24.6 Å². The summed E-state index contributed by atoms with van der Waals surface area (Å²) in [6.45, 7) is 9.84. The zero-order valence-electron chi connectivity index (χ0n) is 19.1. The third-order valence-electron chi connectivity index (χ3n) is 6.03. The molecule has 9 heteroatoms. The van der Waals surface area contributed by atoms with Gasteiger partial charge in [-0.2, -0.15) is 0 Å². The lowest BCUT2D eigenvalue weighted by Crippen LogP contribution is -2.48. The number of carbonyl (C=O) groups excluding carboxylic acids is 1. The van der Waals surface area contributed by atoms with Crippen molar-refractivity contribution in [2.24, 2.45) is 11.8 Å². The van der Waals surface area contributed by atoms with Crippen LogP contribution in [0.4, 0.5) is 0 Å².